The molecule has 0 aromatic carbocycles. The van der Waals surface area contributed by atoms with Gasteiger partial charge < -0.3 is 5.21 Å². The zero-order valence-electron chi connectivity index (χ0n) is 13.7. The van der Waals surface area contributed by atoms with Crippen LogP contribution in [-0.2, 0) is 0 Å². The van der Waals surface area contributed by atoms with E-state index in [1.54, 1.807) is 7.05 Å². The number of nitrogens with zero attached hydrogens (tertiary/aromatic N) is 1. The highest BCUT2D eigenvalue weighted by Crippen LogP contribution is 2.14. The van der Waals surface area contributed by atoms with E-state index in [1.807, 2.05) is 0 Å². The van der Waals surface area contributed by atoms with Gasteiger partial charge in [-0.1, -0.05) is 84.5 Å². The number of hydrogen-bond donors (Lipinski definition) is 1. The molecule has 0 heterocycles. The lowest BCUT2D eigenvalue weighted by Gasteiger charge is -2.20. The van der Waals surface area contributed by atoms with E-state index in [0.29, 0.717) is 6.04 Å². The van der Waals surface area contributed by atoms with Crippen molar-refractivity contribution < 1.29 is 5.21 Å². The summed E-state index contributed by atoms with van der Waals surface area (Å²) in [6, 6.07) is 0.360. The van der Waals surface area contributed by atoms with Crippen molar-refractivity contribution in [2.45, 2.75) is 103 Å². The van der Waals surface area contributed by atoms with E-state index in [4.69, 9.17) is 0 Å². The molecule has 0 saturated carbocycles. The van der Waals surface area contributed by atoms with Gasteiger partial charge in [0.25, 0.3) is 0 Å². The third kappa shape index (κ3) is 12.7. The predicted octanol–water partition coefficient (Wildman–Crippen LogP) is 5.79. The van der Waals surface area contributed by atoms with Gasteiger partial charge in [-0.25, -0.2) is 0 Å². The molecule has 0 rings (SSSR count). The van der Waals surface area contributed by atoms with E-state index in [2.05, 4.69) is 13.8 Å². The third-order valence-corrected chi connectivity index (χ3v) is 4.14. The van der Waals surface area contributed by atoms with Gasteiger partial charge in [-0.2, -0.15) is 5.06 Å². The molecule has 2 heteroatoms. The van der Waals surface area contributed by atoms with Crippen LogP contribution in [0.5, 0.6) is 0 Å². The maximum absolute atomic E-state index is 9.41. The van der Waals surface area contributed by atoms with Crippen molar-refractivity contribution in [3.63, 3.8) is 0 Å². The standard InChI is InChI=1S/C17H37NO/c1-4-6-7-8-9-10-11-12-13-14-15-16-17(5-2)18(3)19/h17,19H,4-16H2,1-3H3. The van der Waals surface area contributed by atoms with Crippen molar-refractivity contribution in [3.05, 3.63) is 0 Å². The molecule has 0 aromatic heterocycles. The number of unbranched alkanes of at least 4 members (excludes halogenated alkanes) is 10. The second-order valence-electron chi connectivity index (χ2n) is 5.96. The number of rotatable bonds is 14. The van der Waals surface area contributed by atoms with Crippen molar-refractivity contribution in [1.29, 1.82) is 0 Å². The summed E-state index contributed by atoms with van der Waals surface area (Å²) in [7, 11) is 1.77. The normalized spacial score (nSPS) is 13.1. The largest absolute Gasteiger partial charge is 0.314 e. The summed E-state index contributed by atoms with van der Waals surface area (Å²) in [5.74, 6) is 0. The first-order valence-corrected chi connectivity index (χ1v) is 8.64. The highest BCUT2D eigenvalue weighted by Gasteiger charge is 2.09. The lowest BCUT2D eigenvalue weighted by atomic mass is 10.0. The zero-order chi connectivity index (χ0) is 14.3. The van der Waals surface area contributed by atoms with Crippen LogP contribution >= 0.6 is 0 Å². The molecule has 0 amide bonds. The zero-order valence-corrected chi connectivity index (χ0v) is 13.7. The van der Waals surface area contributed by atoms with Crippen LogP contribution in [0.25, 0.3) is 0 Å². The topological polar surface area (TPSA) is 23.5 Å². The van der Waals surface area contributed by atoms with Crippen LogP contribution in [0.1, 0.15) is 97.3 Å². The SMILES string of the molecule is CCCCCCCCCCCCCC(CC)N(C)O. The molecule has 0 aliphatic carbocycles. The smallest absolute Gasteiger partial charge is 0.0344 e. The molecule has 0 aliphatic rings. The number of hydrogen-bond acceptors (Lipinski definition) is 2. The van der Waals surface area contributed by atoms with Crippen LogP contribution in [0.3, 0.4) is 0 Å². The molecular weight excluding hydrogens is 234 g/mol. The van der Waals surface area contributed by atoms with Gasteiger partial charge in [0.1, 0.15) is 0 Å². The lowest BCUT2D eigenvalue weighted by Crippen LogP contribution is -2.27. The molecule has 1 N–H and O–H groups in total. The molecule has 0 saturated heterocycles. The van der Waals surface area contributed by atoms with Crippen LogP contribution in [0.4, 0.5) is 0 Å². The maximum Gasteiger partial charge on any atom is 0.0344 e. The quantitative estimate of drug-likeness (QED) is 0.319. The molecule has 0 aromatic rings. The van der Waals surface area contributed by atoms with Gasteiger partial charge in [-0.05, 0) is 12.8 Å². The number of hydroxylamine groups is 2. The lowest BCUT2D eigenvalue weighted by molar-refractivity contribution is -0.105. The highest BCUT2D eigenvalue weighted by atomic mass is 16.5. The molecule has 0 bridgehead atoms. The minimum Gasteiger partial charge on any atom is -0.314 e. The van der Waals surface area contributed by atoms with Gasteiger partial charge in [-0.15, -0.1) is 0 Å². The first-order chi connectivity index (χ1) is 9.22. The van der Waals surface area contributed by atoms with Crippen molar-refractivity contribution >= 4 is 0 Å². The minimum absolute atomic E-state index is 0.360. The Morgan fingerprint density at radius 3 is 1.53 bits per heavy atom. The first-order valence-electron chi connectivity index (χ1n) is 8.64. The van der Waals surface area contributed by atoms with Gasteiger partial charge >= 0.3 is 0 Å². The molecule has 0 spiro atoms. The molecule has 1 atom stereocenters. The first kappa shape index (κ1) is 18.9. The molecule has 0 radical (unpaired) electrons. The van der Waals surface area contributed by atoms with Crippen molar-refractivity contribution in [1.82, 2.24) is 5.06 Å². The molecule has 116 valence electrons. The average Bonchev–Trinajstić information content (AvgIpc) is 2.40. The summed E-state index contributed by atoms with van der Waals surface area (Å²) in [4.78, 5) is 0. The van der Waals surface area contributed by atoms with Gasteiger partial charge in [0.05, 0.1) is 0 Å². The Hall–Kier alpha value is -0.0800. The summed E-state index contributed by atoms with van der Waals surface area (Å²) >= 11 is 0. The Morgan fingerprint density at radius 1 is 0.737 bits per heavy atom. The minimum atomic E-state index is 0.360. The second kappa shape index (κ2) is 14.3. The molecule has 0 fully saturated rings. The Kier molecular flexibility index (Phi) is 14.3. The van der Waals surface area contributed by atoms with Crippen molar-refractivity contribution in [3.8, 4) is 0 Å². The Balaban J connectivity index is 3.14. The summed E-state index contributed by atoms with van der Waals surface area (Å²) in [6.45, 7) is 4.42. The summed E-state index contributed by atoms with van der Waals surface area (Å²) in [5.41, 5.74) is 0. The van der Waals surface area contributed by atoms with E-state index >= 15 is 0 Å². The van der Waals surface area contributed by atoms with Gasteiger partial charge in [0.15, 0.2) is 0 Å². The predicted molar refractivity (Wildman–Crippen MR) is 84.7 cm³/mol. The fraction of sp³-hybridized carbons (Fsp3) is 1.00. The average molecular weight is 271 g/mol. The molecule has 0 aliphatic heterocycles. The van der Waals surface area contributed by atoms with E-state index in [1.165, 1.54) is 75.7 Å². The van der Waals surface area contributed by atoms with E-state index < -0.39 is 0 Å². The van der Waals surface area contributed by atoms with Crippen LogP contribution < -0.4 is 0 Å². The Bertz CT molecular complexity index is 171. The molecular formula is C17H37NO. The third-order valence-electron chi connectivity index (χ3n) is 4.14. The van der Waals surface area contributed by atoms with Crippen LogP contribution in [0.15, 0.2) is 0 Å². The van der Waals surface area contributed by atoms with Crippen LogP contribution in [-0.4, -0.2) is 23.4 Å². The Labute approximate surface area is 121 Å². The molecule has 19 heavy (non-hydrogen) atoms. The Morgan fingerprint density at radius 2 is 1.16 bits per heavy atom. The highest BCUT2D eigenvalue weighted by molar-refractivity contribution is 4.61. The van der Waals surface area contributed by atoms with Gasteiger partial charge in [-0.3, -0.25) is 0 Å². The van der Waals surface area contributed by atoms with Crippen LogP contribution in [0.2, 0.25) is 0 Å². The summed E-state index contributed by atoms with van der Waals surface area (Å²) < 4.78 is 0. The molecule has 1 unspecified atom stereocenters. The summed E-state index contributed by atoms with van der Waals surface area (Å²) in [5, 5.41) is 10.8. The fourth-order valence-electron chi connectivity index (χ4n) is 2.70. The van der Waals surface area contributed by atoms with Gasteiger partial charge in [0.2, 0.25) is 0 Å². The van der Waals surface area contributed by atoms with E-state index in [-0.39, 0.29) is 0 Å². The van der Waals surface area contributed by atoms with Crippen molar-refractivity contribution in [2.24, 2.45) is 0 Å². The second-order valence-corrected chi connectivity index (χ2v) is 5.96. The maximum atomic E-state index is 9.41. The van der Waals surface area contributed by atoms with Crippen LogP contribution in [0, 0.1) is 0 Å². The van der Waals surface area contributed by atoms with Gasteiger partial charge in [0, 0.05) is 13.1 Å². The summed E-state index contributed by atoms with van der Waals surface area (Å²) in [6.07, 6.45) is 17.5. The van der Waals surface area contributed by atoms with E-state index in [0.717, 1.165) is 12.8 Å². The fourth-order valence-corrected chi connectivity index (χ4v) is 2.70. The molecule has 2 nitrogen and oxygen atoms in total. The van der Waals surface area contributed by atoms with E-state index in [9.17, 15) is 5.21 Å². The van der Waals surface area contributed by atoms with Crippen molar-refractivity contribution in [2.75, 3.05) is 7.05 Å². The monoisotopic (exact) mass is 271 g/mol.